The van der Waals surface area contributed by atoms with Crippen molar-refractivity contribution in [2.75, 3.05) is 13.1 Å². The van der Waals surface area contributed by atoms with Crippen molar-refractivity contribution in [3.05, 3.63) is 42.7 Å². The van der Waals surface area contributed by atoms with Gasteiger partial charge in [0.15, 0.2) is 0 Å². The van der Waals surface area contributed by atoms with Crippen molar-refractivity contribution in [2.24, 2.45) is 11.3 Å². The third-order valence-electron chi connectivity index (χ3n) is 8.71. The highest BCUT2D eigenvalue weighted by Crippen LogP contribution is 2.29. The molecule has 2 aliphatic rings. The van der Waals surface area contributed by atoms with Crippen LogP contribution in [0.1, 0.15) is 103 Å². The molecule has 12 nitrogen and oxygen atoms in total. The van der Waals surface area contributed by atoms with Gasteiger partial charge in [0.05, 0.1) is 12.1 Å². The number of ketones is 2. The molecule has 1 saturated carbocycles. The highest BCUT2D eigenvalue weighted by Gasteiger charge is 2.43. The van der Waals surface area contributed by atoms with Gasteiger partial charge in [-0.25, -0.2) is 4.79 Å². The summed E-state index contributed by atoms with van der Waals surface area (Å²) in [6, 6.07) is 0.698. The van der Waals surface area contributed by atoms with E-state index in [1.807, 2.05) is 27.7 Å². The number of carbonyl (C=O) groups is 6. The van der Waals surface area contributed by atoms with Crippen LogP contribution in [0.25, 0.3) is 0 Å². The SMILES string of the molecule is C#CCC.C=CCNC(=O)C(=O)C(CC)NC(=O)[C@@H]1CCCN1C(=O)C(NC(=O)NC(C(=O)c1ccccn1)C1CCCCC1)C(C)(C)C. The molecule has 1 aliphatic carbocycles. The van der Waals surface area contributed by atoms with Gasteiger partial charge in [-0.1, -0.05) is 66.0 Å². The Hall–Kier alpha value is -4.53. The van der Waals surface area contributed by atoms with E-state index in [1.165, 1.54) is 11.0 Å². The second kappa shape index (κ2) is 20.1. The predicted molar refractivity (Wildman–Crippen MR) is 188 cm³/mol. The molecule has 3 unspecified atom stereocenters. The molecule has 1 saturated heterocycles. The maximum absolute atomic E-state index is 14.0. The Kier molecular flexibility index (Phi) is 16.7. The van der Waals surface area contributed by atoms with E-state index >= 15 is 0 Å². The van der Waals surface area contributed by atoms with E-state index in [9.17, 15) is 28.8 Å². The van der Waals surface area contributed by atoms with Crippen molar-refractivity contribution in [2.45, 2.75) is 117 Å². The molecule has 2 fully saturated rings. The van der Waals surface area contributed by atoms with Gasteiger partial charge in [0.2, 0.25) is 23.4 Å². The largest absolute Gasteiger partial charge is 0.346 e. The maximum atomic E-state index is 14.0. The monoisotopic (exact) mass is 678 g/mol. The van der Waals surface area contributed by atoms with Gasteiger partial charge < -0.3 is 26.2 Å². The van der Waals surface area contributed by atoms with Crippen LogP contribution in [0, 0.1) is 23.7 Å². The number of hydrogen-bond donors (Lipinski definition) is 4. The van der Waals surface area contributed by atoms with Crippen LogP contribution < -0.4 is 21.3 Å². The first-order valence-electron chi connectivity index (χ1n) is 17.3. The lowest BCUT2D eigenvalue weighted by Crippen LogP contribution is -2.61. The molecule has 0 radical (unpaired) electrons. The molecule has 49 heavy (non-hydrogen) atoms. The summed E-state index contributed by atoms with van der Waals surface area (Å²) < 4.78 is 0. The van der Waals surface area contributed by atoms with Crippen LogP contribution in [-0.4, -0.2) is 82.5 Å². The standard InChI is InChI=1S/C33H48N6O6.C4H6/c1-6-18-35-30(43)27(41)22(7-2)36-29(42)24-17-13-20-39(24)31(44)28(33(3,4)5)38-32(45)37-25(21-14-9-8-10-15-21)26(40)23-16-11-12-19-34-23;1-3-4-2/h6,11-12,16,19,21-22,24-25,28H,1,7-10,13-15,17-18,20H2,2-5H3,(H,35,43)(H,36,42)(H2,37,38,45);1H,4H2,2H3/t22?,24-,25?,28?;/m0./s1. The minimum absolute atomic E-state index is 0.0532. The van der Waals surface area contributed by atoms with Crippen LogP contribution in [-0.2, 0) is 19.2 Å². The van der Waals surface area contributed by atoms with E-state index in [0.29, 0.717) is 19.4 Å². The molecule has 12 heteroatoms. The number of likely N-dealkylation sites (tertiary alicyclic amines) is 1. The molecular weight excluding hydrogens is 624 g/mol. The first kappa shape index (κ1) is 40.6. The molecular formula is C37H54N6O6. The average molecular weight is 679 g/mol. The van der Waals surface area contributed by atoms with E-state index in [0.717, 1.165) is 38.5 Å². The van der Waals surface area contributed by atoms with Gasteiger partial charge >= 0.3 is 6.03 Å². The van der Waals surface area contributed by atoms with Gasteiger partial charge in [0.25, 0.3) is 5.91 Å². The van der Waals surface area contributed by atoms with Crippen molar-refractivity contribution >= 4 is 35.3 Å². The first-order valence-corrected chi connectivity index (χ1v) is 17.3. The minimum atomic E-state index is -1.05. The number of Topliss-reactive ketones (excluding diaryl/α,β-unsaturated/α-hetero) is 2. The van der Waals surface area contributed by atoms with Crippen LogP contribution in [0.2, 0.25) is 0 Å². The predicted octanol–water partition coefficient (Wildman–Crippen LogP) is 3.71. The van der Waals surface area contributed by atoms with E-state index in [4.69, 9.17) is 6.42 Å². The minimum Gasteiger partial charge on any atom is -0.346 e. The summed E-state index contributed by atoms with van der Waals surface area (Å²) in [6.07, 6.45) is 14.3. The Balaban J connectivity index is 0.00000197. The Morgan fingerprint density at radius 1 is 1.02 bits per heavy atom. The Morgan fingerprint density at radius 2 is 1.69 bits per heavy atom. The van der Waals surface area contributed by atoms with Gasteiger partial charge in [-0.15, -0.1) is 18.9 Å². The molecule has 2 heterocycles. The number of urea groups is 1. The molecule has 3 rings (SSSR count). The van der Waals surface area contributed by atoms with Crippen molar-refractivity contribution in [1.29, 1.82) is 0 Å². The van der Waals surface area contributed by atoms with Gasteiger partial charge in [-0.2, -0.15) is 0 Å². The summed E-state index contributed by atoms with van der Waals surface area (Å²) in [5.74, 6) is -0.468. The number of terminal acetylenes is 1. The fourth-order valence-corrected chi connectivity index (χ4v) is 6.00. The van der Waals surface area contributed by atoms with E-state index < -0.39 is 59.1 Å². The fourth-order valence-electron chi connectivity index (χ4n) is 6.00. The molecule has 0 spiro atoms. The van der Waals surface area contributed by atoms with Crippen LogP contribution in [0.4, 0.5) is 4.79 Å². The molecule has 4 N–H and O–H groups in total. The smallest absolute Gasteiger partial charge is 0.316 e. The number of aromatic nitrogens is 1. The molecule has 1 aromatic rings. The highest BCUT2D eigenvalue weighted by molar-refractivity contribution is 6.38. The highest BCUT2D eigenvalue weighted by atomic mass is 16.2. The summed E-state index contributed by atoms with van der Waals surface area (Å²) in [4.78, 5) is 84.8. The topological polar surface area (TPSA) is 167 Å². The second-order valence-electron chi connectivity index (χ2n) is 13.5. The van der Waals surface area contributed by atoms with Crippen LogP contribution in [0.5, 0.6) is 0 Å². The lowest BCUT2D eigenvalue weighted by atomic mass is 9.81. The van der Waals surface area contributed by atoms with Crippen LogP contribution in [0.15, 0.2) is 37.1 Å². The number of rotatable bonds is 13. The fraction of sp³-hybridized carbons (Fsp3) is 0.595. The number of nitrogens with one attached hydrogen (secondary N) is 4. The number of carbonyl (C=O) groups excluding carboxylic acids is 6. The molecule has 4 atom stereocenters. The normalized spacial score (nSPS) is 17.9. The summed E-state index contributed by atoms with van der Waals surface area (Å²) in [6.45, 7) is 13.0. The number of pyridine rings is 1. The molecule has 1 aromatic heterocycles. The maximum Gasteiger partial charge on any atom is 0.316 e. The molecule has 5 amide bonds. The quantitative estimate of drug-likeness (QED) is 0.107. The Labute approximate surface area is 291 Å². The zero-order chi connectivity index (χ0) is 36.6. The van der Waals surface area contributed by atoms with Gasteiger partial charge in [-0.05, 0) is 55.6 Å². The summed E-state index contributed by atoms with van der Waals surface area (Å²) >= 11 is 0. The van der Waals surface area contributed by atoms with Gasteiger partial charge in [-0.3, -0.25) is 29.0 Å². The number of hydrogen-bond acceptors (Lipinski definition) is 7. The lowest BCUT2D eigenvalue weighted by molar-refractivity contribution is -0.143. The van der Waals surface area contributed by atoms with Crippen LogP contribution >= 0.6 is 0 Å². The number of nitrogens with zero attached hydrogens (tertiary/aromatic N) is 2. The van der Waals surface area contributed by atoms with Crippen molar-refractivity contribution in [3.63, 3.8) is 0 Å². The van der Waals surface area contributed by atoms with Crippen LogP contribution in [0.3, 0.4) is 0 Å². The van der Waals surface area contributed by atoms with E-state index in [2.05, 4.69) is 38.8 Å². The van der Waals surface area contributed by atoms with Gasteiger partial charge in [0.1, 0.15) is 17.8 Å². The first-order chi connectivity index (χ1) is 23.3. The summed E-state index contributed by atoms with van der Waals surface area (Å²) in [7, 11) is 0. The second-order valence-corrected chi connectivity index (χ2v) is 13.5. The Bertz CT molecular complexity index is 1350. The van der Waals surface area contributed by atoms with Gasteiger partial charge in [0, 0.05) is 25.7 Å². The molecule has 268 valence electrons. The van der Waals surface area contributed by atoms with Crippen molar-refractivity contribution in [3.8, 4) is 12.3 Å². The summed E-state index contributed by atoms with van der Waals surface area (Å²) in [5.41, 5.74) is -0.473. The zero-order valence-corrected chi connectivity index (χ0v) is 29.7. The van der Waals surface area contributed by atoms with Crippen molar-refractivity contribution in [1.82, 2.24) is 31.2 Å². The number of amides is 5. The summed E-state index contributed by atoms with van der Waals surface area (Å²) in [5, 5.41) is 10.8. The van der Waals surface area contributed by atoms with E-state index in [1.54, 1.807) is 31.3 Å². The molecule has 0 aromatic carbocycles. The lowest BCUT2D eigenvalue weighted by Gasteiger charge is -2.36. The third kappa shape index (κ3) is 12.1. The molecule has 1 aliphatic heterocycles. The zero-order valence-electron chi connectivity index (χ0n) is 29.7. The third-order valence-corrected chi connectivity index (χ3v) is 8.71. The Morgan fingerprint density at radius 3 is 2.24 bits per heavy atom. The molecule has 0 bridgehead atoms. The average Bonchev–Trinajstić information content (AvgIpc) is 3.60. The van der Waals surface area contributed by atoms with E-state index in [-0.39, 0.29) is 30.4 Å². The van der Waals surface area contributed by atoms with Crippen molar-refractivity contribution < 1.29 is 28.8 Å².